The molecule has 100 valence electrons. The third-order valence-electron chi connectivity index (χ3n) is 1.83. The monoisotopic (exact) mass is 284 g/mol. The van der Waals surface area contributed by atoms with Crippen LogP contribution in [0.1, 0.15) is 5.69 Å². The van der Waals surface area contributed by atoms with Gasteiger partial charge >= 0.3 is 12.0 Å². The quantitative estimate of drug-likeness (QED) is 0.628. The molecule has 0 saturated carbocycles. The van der Waals surface area contributed by atoms with E-state index in [-0.39, 0.29) is 18.2 Å². The van der Waals surface area contributed by atoms with Crippen LogP contribution in [0.4, 0.5) is 9.93 Å². The van der Waals surface area contributed by atoms with Gasteiger partial charge in [0.05, 0.1) is 12.7 Å². The predicted molar refractivity (Wildman–Crippen MR) is 61.2 cm³/mol. The van der Waals surface area contributed by atoms with Gasteiger partial charge in [-0.15, -0.1) is 5.10 Å². The maximum Gasteiger partial charge on any atom is 0.325 e. The molecular weight excluding hydrogens is 276 g/mol. The first-order chi connectivity index (χ1) is 9.13. The number of hydrogen-bond donors (Lipinski definition) is 3. The fourth-order valence-corrected chi connectivity index (χ4v) is 1.49. The Hall–Kier alpha value is -2.63. The van der Waals surface area contributed by atoms with Crippen molar-refractivity contribution in [1.82, 2.24) is 35.1 Å². The number of carboxylic acids is 1. The molecule has 0 bridgehead atoms. The lowest BCUT2D eigenvalue weighted by Gasteiger charge is -2.01. The third kappa shape index (κ3) is 3.95. The maximum absolute atomic E-state index is 11.4. The standard InChI is InChI=1S/C7H8N8O3S/c16-5(17)3-15-2-4(10-13-15)1-8-6(18)9-7-11-12-14-19-7/h2H,1,3H2,(H,16,17)(H2,8,9,11,14,18). The van der Waals surface area contributed by atoms with E-state index in [1.807, 2.05) is 0 Å². The Kier molecular flexibility index (Phi) is 3.92. The van der Waals surface area contributed by atoms with Crippen LogP contribution >= 0.6 is 11.5 Å². The Bertz CT molecular complexity index is 567. The summed E-state index contributed by atoms with van der Waals surface area (Å²) in [5, 5.41) is 27.9. The van der Waals surface area contributed by atoms with Crippen molar-refractivity contribution < 1.29 is 14.7 Å². The fraction of sp³-hybridized carbons (Fsp3) is 0.286. The molecule has 11 nitrogen and oxygen atoms in total. The smallest absolute Gasteiger partial charge is 0.325 e. The second kappa shape index (κ2) is 5.81. The highest BCUT2D eigenvalue weighted by Gasteiger charge is 2.07. The number of rotatable bonds is 5. The largest absolute Gasteiger partial charge is 0.480 e. The van der Waals surface area contributed by atoms with Crippen LogP contribution in [0.25, 0.3) is 0 Å². The zero-order valence-electron chi connectivity index (χ0n) is 9.35. The van der Waals surface area contributed by atoms with Gasteiger partial charge in [0.25, 0.3) is 0 Å². The molecule has 0 atom stereocenters. The van der Waals surface area contributed by atoms with Crippen molar-refractivity contribution in [2.75, 3.05) is 5.32 Å². The highest BCUT2D eigenvalue weighted by Crippen LogP contribution is 2.03. The summed E-state index contributed by atoms with van der Waals surface area (Å²) in [5.74, 6) is -1.02. The van der Waals surface area contributed by atoms with E-state index >= 15 is 0 Å². The second-order valence-corrected chi connectivity index (χ2v) is 4.01. The van der Waals surface area contributed by atoms with E-state index in [0.717, 1.165) is 16.2 Å². The molecule has 0 saturated heterocycles. The van der Waals surface area contributed by atoms with Crippen molar-refractivity contribution in [2.45, 2.75) is 13.1 Å². The van der Waals surface area contributed by atoms with Crippen molar-refractivity contribution in [3.05, 3.63) is 11.9 Å². The zero-order chi connectivity index (χ0) is 13.7. The normalized spacial score (nSPS) is 10.1. The molecule has 0 aliphatic heterocycles. The number of carboxylic acid groups (broad SMARTS) is 1. The topological polar surface area (TPSA) is 148 Å². The summed E-state index contributed by atoms with van der Waals surface area (Å²) in [7, 11) is 0. The number of anilines is 1. The maximum atomic E-state index is 11.4. The molecule has 0 spiro atoms. The molecule has 0 aromatic carbocycles. The van der Waals surface area contributed by atoms with Crippen molar-refractivity contribution in [2.24, 2.45) is 0 Å². The SMILES string of the molecule is O=C(O)Cn1cc(CNC(=O)Nc2nnns2)nn1. The summed E-state index contributed by atoms with van der Waals surface area (Å²) >= 11 is 0.942. The van der Waals surface area contributed by atoms with Gasteiger partial charge in [-0.2, -0.15) is 0 Å². The van der Waals surface area contributed by atoms with Crippen LogP contribution in [0.2, 0.25) is 0 Å². The van der Waals surface area contributed by atoms with Crippen LogP contribution in [0.15, 0.2) is 6.20 Å². The molecule has 2 aromatic rings. The lowest BCUT2D eigenvalue weighted by molar-refractivity contribution is -0.137. The first kappa shape index (κ1) is 12.8. The van der Waals surface area contributed by atoms with Crippen molar-refractivity contribution in [1.29, 1.82) is 0 Å². The van der Waals surface area contributed by atoms with E-state index in [0.29, 0.717) is 5.69 Å². The van der Waals surface area contributed by atoms with Gasteiger partial charge in [0.2, 0.25) is 5.13 Å². The number of hydrogen-bond acceptors (Lipinski definition) is 8. The van der Waals surface area contributed by atoms with Gasteiger partial charge in [-0.1, -0.05) is 14.8 Å². The van der Waals surface area contributed by atoms with Gasteiger partial charge in [-0.3, -0.25) is 10.1 Å². The molecular formula is C7H8N8O3S. The van der Waals surface area contributed by atoms with Gasteiger partial charge in [0.1, 0.15) is 12.2 Å². The molecule has 2 heterocycles. The number of urea groups is 1. The van der Waals surface area contributed by atoms with Crippen LogP contribution in [-0.2, 0) is 17.9 Å². The predicted octanol–water partition coefficient (Wildman–Crippen LogP) is -1.07. The van der Waals surface area contributed by atoms with E-state index in [1.165, 1.54) is 6.20 Å². The van der Waals surface area contributed by atoms with Crippen molar-refractivity contribution >= 4 is 28.7 Å². The lowest BCUT2D eigenvalue weighted by atomic mass is 10.5. The van der Waals surface area contributed by atoms with Gasteiger partial charge < -0.3 is 10.4 Å². The number of aromatic nitrogens is 6. The van der Waals surface area contributed by atoms with E-state index in [4.69, 9.17) is 5.11 Å². The van der Waals surface area contributed by atoms with Crippen molar-refractivity contribution in [3.63, 3.8) is 0 Å². The Morgan fingerprint density at radius 3 is 2.95 bits per heavy atom. The summed E-state index contributed by atoms with van der Waals surface area (Å²) in [6, 6.07) is -0.494. The van der Waals surface area contributed by atoms with Gasteiger partial charge in [-0.05, 0) is 5.21 Å². The molecule has 3 N–H and O–H groups in total. The Morgan fingerprint density at radius 1 is 1.42 bits per heavy atom. The Balaban J connectivity index is 1.80. The van der Waals surface area contributed by atoms with E-state index in [2.05, 4.69) is 35.7 Å². The van der Waals surface area contributed by atoms with Gasteiger partial charge in [-0.25, -0.2) is 9.48 Å². The van der Waals surface area contributed by atoms with Crippen LogP contribution in [-0.4, -0.2) is 46.9 Å². The first-order valence-corrected chi connectivity index (χ1v) is 5.71. The van der Waals surface area contributed by atoms with Gasteiger partial charge in [0.15, 0.2) is 0 Å². The molecule has 0 unspecified atom stereocenters. The highest BCUT2D eigenvalue weighted by atomic mass is 32.1. The Labute approximate surface area is 109 Å². The zero-order valence-corrected chi connectivity index (χ0v) is 10.2. The summed E-state index contributed by atoms with van der Waals surface area (Å²) < 4.78 is 4.64. The minimum absolute atomic E-state index is 0.109. The summed E-state index contributed by atoms with van der Waals surface area (Å²) in [5.41, 5.74) is 0.437. The first-order valence-electron chi connectivity index (χ1n) is 4.94. The fourth-order valence-electron chi connectivity index (χ4n) is 1.13. The molecule has 2 rings (SSSR count). The minimum Gasteiger partial charge on any atom is -0.480 e. The van der Waals surface area contributed by atoms with E-state index in [1.54, 1.807) is 0 Å². The van der Waals surface area contributed by atoms with Crippen LogP contribution < -0.4 is 10.6 Å². The summed E-state index contributed by atoms with van der Waals surface area (Å²) in [6.45, 7) is -0.173. The number of aliphatic carboxylic acids is 1. The number of amides is 2. The van der Waals surface area contributed by atoms with Crippen molar-refractivity contribution in [3.8, 4) is 0 Å². The van der Waals surface area contributed by atoms with Crippen LogP contribution in [0.5, 0.6) is 0 Å². The summed E-state index contributed by atoms with van der Waals surface area (Å²) in [4.78, 5) is 21.8. The minimum atomic E-state index is -1.02. The molecule has 19 heavy (non-hydrogen) atoms. The average Bonchev–Trinajstić information content (AvgIpc) is 2.97. The second-order valence-electron chi connectivity index (χ2n) is 3.28. The molecule has 0 radical (unpaired) electrons. The molecule has 0 aliphatic carbocycles. The number of nitrogens with one attached hydrogen (secondary N) is 2. The van der Waals surface area contributed by atoms with Crippen LogP contribution in [0, 0.1) is 0 Å². The molecule has 2 aromatic heterocycles. The molecule has 0 aliphatic rings. The molecule has 0 fully saturated rings. The summed E-state index contributed by atoms with van der Waals surface area (Å²) in [6.07, 6.45) is 1.43. The average molecular weight is 284 g/mol. The Morgan fingerprint density at radius 2 is 2.26 bits per heavy atom. The number of carbonyl (C=O) groups excluding carboxylic acids is 1. The van der Waals surface area contributed by atoms with E-state index < -0.39 is 12.0 Å². The van der Waals surface area contributed by atoms with E-state index in [9.17, 15) is 9.59 Å². The van der Waals surface area contributed by atoms with Crippen LogP contribution in [0.3, 0.4) is 0 Å². The number of carbonyl (C=O) groups is 2. The lowest BCUT2D eigenvalue weighted by Crippen LogP contribution is -2.28. The molecule has 12 heteroatoms. The number of nitrogens with zero attached hydrogens (tertiary/aromatic N) is 6. The highest BCUT2D eigenvalue weighted by molar-refractivity contribution is 7.09. The van der Waals surface area contributed by atoms with Gasteiger partial charge in [0, 0.05) is 11.5 Å². The molecule has 2 amide bonds. The third-order valence-corrected chi connectivity index (χ3v) is 2.34.